The van der Waals surface area contributed by atoms with E-state index in [0.717, 1.165) is 0 Å². The predicted molar refractivity (Wildman–Crippen MR) is 40.3 cm³/mol. The highest BCUT2D eigenvalue weighted by Crippen LogP contribution is 1.71. The van der Waals surface area contributed by atoms with Gasteiger partial charge in [-0.3, -0.25) is 4.79 Å². The largest absolute Gasteiger partial charge is 0.330 e. The minimum Gasteiger partial charge on any atom is -0.330 e. The van der Waals surface area contributed by atoms with Gasteiger partial charge in [0.15, 0.2) is 0 Å². The molecule has 0 spiro atoms. The van der Waals surface area contributed by atoms with E-state index in [1.54, 1.807) is 0 Å². The number of hydrogen-bond acceptors (Lipinski definition) is 2. The first-order valence-electron chi connectivity index (χ1n) is 3.38. The zero-order valence-electron chi connectivity index (χ0n) is 6.61. The molecule has 0 bridgehead atoms. The Kier molecular flexibility index (Phi) is 13.4. The first kappa shape index (κ1) is 11.4. The highest BCUT2D eigenvalue weighted by atomic mass is 16.1. The van der Waals surface area contributed by atoms with E-state index >= 15 is 0 Å². The molecule has 0 amide bonds. The number of Topliss-reactive ketones (excluding diaryl/α,β-unsaturated/α-hetero) is 1. The van der Waals surface area contributed by atoms with Crippen molar-refractivity contribution < 1.29 is 4.79 Å². The SMILES string of the molecule is CC(=O)CCN.CCC. The van der Waals surface area contributed by atoms with E-state index in [1.165, 1.54) is 13.3 Å². The van der Waals surface area contributed by atoms with E-state index in [-0.39, 0.29) is 5.78 Å². The molecule has 0 aromatic heterocycles. The Labute approximate surface area is 57.4 Å². The first-order chi connectivity index (χ1) is 4.18. The van der Waals surface area contributed by atoms with Crippen LogP contribution < -0.4 is 5.73 Å². The summed E-state index contributed by atoms with van der Waals surface area (Å²) >= 11 is 0. The van der Waals surface area contributed by atoms with Crippen molar-refractivity contribution >= 4 is 5.78 Å². The second kappa shape index (κ2) is 10.6. The van der Waals surface area contributed by atoms with E-state index in [4.69, 9.17) is 5.73 Å². The summed E-state index contributed by atoms with van der Waals surface area (Å²) in [5.74, 6) is 0.164. The number of rotatable bonds is 2. The van der Waals surface area contributed by atoms with Crippen LogP contribution in [0.1, 0.15) is 33.6 Å². The second-order valence-electron chi connectivity index (χ2n) is 1.95. The minimum absolute atomic E-state index is 0.164. The lowest BCUT2D eigenvalue weighted by molar-refractivity contribution is -0.116. The van der Waals surface area contributed by atoms with Gasteiger partial charge in [-0.05, 0) is 13.5 Å². The summed E-state index contributed by atoms with van der Waals surface area (Å²) in [5.41, 5.74) is 5.01. The van der Waals surface area contributed by atoms with Crippen molar-refractivity contribution in [3.05, 3.63) is 0 Å². The van der Waals surface area contributed by atoms with E-state index in [9.17, 15) is 4.79 Å². The van der Waals surface area contributed by atoms with Crippen LogP contribution in [0.4, 0.5) is 0 Å². The van der Waals surface area contributed by atoms with Gasteiger partial charge < -0.3 is 5.73 Å². The molecular formula is C7H17NO. The average Bonchev–Trinajstić information content (AvgIpc) is 1.67. The fourth-order valence-electron chi connectivity index (χ4n) is 0.203. The topological polar surface area (TPSA) is 43.1 Å². The molecule has 0 aliphatic carbocycles. The highest BCUT2D eigenvalue weighted by Gasteiger charge is 1.83. The van der Waals surface area contributed by atoms with Gasteiger partial charge in [0, 0.05) is 6.42 Å². The molecule has 0 aromatic rings. The molecule has 0 atom stereocenters. The lowest BCUT2D eigenvalue weighted by Crippen LogP contribution is -2.03. The summed E-state index contributed by atoms with van der Waals surface area (Å²) < 4.78 is 0. The summed E-state index contributed by atoms with van der Waals surface area (Å²) in [5, 5.41) is 0. The third kappa shape index (κ3) is 35.0. The number of carbonyl (C=O) groups excluding carboxylic acids is 1. The molecule has 0 unspecified atom stereocenters. The van der Waals surface area contributed by atoms with Crippen LogP contribution in [0.15, 0.2) is 0 Å². The van der Waals surface area contributed by atoms with Crippen molar-refractivity contribution in [3.63, 3.8) is 0 Å². The van der Waals surface area contributed by atoms with Crippen molar-refractivity contribution in [2.75, 3.05) is 6.54 Å². The van der Waals surface area contributed by atoms with Crippen molar-refractivity contribution in [1.82, 2.24) is 0 Å². The zero-order valence-corrected chi connectivity index (χ0v) is 6.61. The fraction of sp³-hybridized carbons (Fsp3) is 0.857. The van der Waals surface area contributed by atoms with Crippen LogP contribution in [0.2, 0.25) is 0 Å². The molecule has 0 radical (unpaired) electrons. The maximum Gasteiger partial charge on any atom is 0.131 e. The Morgan fingerprint density at radius 1 is 1.44 bits per heavy atom. The Balaban J connectivity index is 0. The molecule has 56 valence electrons. The zero-order chi connectivity index (χ0) is 7.70. The van der Waals surface area contributed by atoms with Crippen LogP contribution in [-0.4, -0.2) is 12.3 Å². The Morgan fingerprint density at radius 2 is 1.78 bits per heavy atom. The van der Waals surface area contributed by atoms with E-state index < -0.39 is 0 Å². The molecule has 2 N–H and O–H groups in total. The van der Waals surface area contributed by atoms with Crippen LogP contribution in [0.5, 0.6) is 0 Å². The second-order valence-corrected chi connectivity index (χ2v) is 1.95. The molecule has 0 saturated carbocycles. The van der Waals surface area contributed by atoms with Gasteiger partial charge in [-0.15, -0.1) is 0 Å². The summed E-state index contributed by atoms with van der Waals surface area (Å²) in [6.45, 7) is 6.27. The molecule has 0 rings (SSSR count). The maximum atomic E-state index is 9.96. The van der Waals surface area contributed by atoms with Crippen molar-refractivity contribution in [1.29, 1.82) is 0 Å². The molecule has 0 aliphatic heterocycles. The Hall–Kier alpha value is -0.370. The quantitative estimate of drug-likeness (QED) is 0.614. The number of hydrogen-bond donors (Lipinski definition) is 1. The molecule has 0 fully saturated rings. The summed E-state index contributed by atoms with van der Waals surface area (Å²) in [6, 6.07) is 0. The number of carbonyl (C=O) groups is 1. The van der Waals surface area contributed by atoms with Gasteiger partial charge in [-0.1, -0.05) is 20.3 Å². The van der Waals surface area contributed by atoms with Crippen LogP contribution in [-0.2, 0) is 4.79 Å². The molecule has 0 saturated heterocycles. The number of nitrogens with two attached hydrogens (primary N) is 1. The van der Waals surface area contributed by atoms with E-state index in [1.807, 2.05) is 0 Å². The van der Waals surface area contributed by atoms with Crippen molar-refractivity contribution in [2.45, 2.75) is 33.6 Å². The third-order valence-electron chi connectivity index (χ3n) is 0.496. The molecular weight excluding hydrogens is 114 g/mol. The molecule has 0 aliphatic rings. The van der Waals surface area contributed by atoms with E-state index in [2.05, 4.69) is 13.8 Å². The lowest BCUT2D eigenvalue weighted by Gasteiger charge is -1.81. The normalized spacial score (nSPS) is 7.56. The maximum absolute atomic E-state index is 9.96. The van der Waals surface area contributed by atoms with Gasteiger partial charge in [0.25, 0.3) is 0 Å². The van der Waals surface area contributed by atoms with Crippen LogP contribution in [0, 0.1) is 0 Å². The Bertz CT molecular complexity index is 61.9. The van der Waals surface area contributed by atoms with Gasteiger partial charge in [0.2, 0.25) is 0 Å². The molecule has 0 heterocycles. The van der Waals surface area contributed by atoms with Gasteiger partial charge in [0.1, 0.15) is 5.78 Å². The summed E-state index contributed by atoms with van der Waals surface area (Å²) in [6.07, 6.45) is 1.76. The Morgan fingerprint density at radius 3 is 1.78 bits per heavy atom. The molecule has 9 heavy (non-hydrogen) atoms. The highest BCUT2D eigenvalue weighted by molar-refractivity contribution is 5.75. The molecule has 2 nitrogen and oxygen atoms in total. The fourth-order valence-corrected chi connectivity index (χ4v) is 0.203. The molecule has 2 heteroatoms. The van der Waals surface area contributed by atoms with Crippen LogP contribution in [0.3, 0.4) is 0 Å². The van der Waals surface area contributed by atoms with E-state index in [0.29, 0.717) is 13.0 Å². The van der Waals surface area contributed by atoms with Crippen molar-refractivity contribution in [3.8, 4) is 0 Å². The predicted octanol–water partition coefficient (Wildman–Crippen LogP) is 1.34. The lowest BCUT2D eigenvalue weighted by atomic mass is 10.3. The number of ketones is 1. The average molecular weight is 131 g/mol. The summed E-state index contributed by atoms with van der Waals surface area (Å²) in [4.78, 5) is 9.96. The molecule has 0 aromatic carbocycles. The standard InChI is InChI=1S/C4H9NO.C3H8/c1-4(6)2-3-5;1-3-2/h2-3,5H2,1H3;3H2,1-2H3. The van der Waals surface area contributed by atoms with Gasteiger partial charge >= 0.3 is 0 Å². The van der Waals surface area contributed by atoms with Gasteiger partial charge in [-0.25, -0.2) is 0 Å². The first-order valence-corrected chi connectivity index (χ1v) is 3.38. The van der Waals surface area contributed by atoms with Crippen LogP contribution in [0.25, 0.3) is 0 Å². The van der Waals surface area contributed by atoms with Gasteiger partial charge in [-0.2, -0.15) is 0 Å². The van der Waals surface area contributed by atoms with Crippen molar-refractivity contribution in [2.24, 2.45) is 5.73 Å². The minimum atomic E-state index is 0.164. The van der Waals surface area contributed by atoms with Crippen LogP contribution >= 0.6 is 0 Å². The summed E-state index contributed by atoms with van der Waals surface area (Å²) in [7, 11) is 0. The van der Waals surface area contributed by atoms with Gasteiger partial charge in [0.05, 0.1) is 0 Å². The monoisotopic (exact) mass is 131 g/mol. The smallest absolute Gasteiger partial charge is 0.131 e. The third-order valence-corrected chi connectivity index (χ3v) is 0.496.